The maximum absolute atomic E-state index is 12.1. The Balaban J connectivity index is 1.94. The first kappa shape index (κ1) is 12.4. The highest BCUT2D eigenvalue weighted by atomic mass is 16.4. The van der Waals surface area contributed by atoms with Gasteiger partial charge in [0.1, 0.15) is 6.54 Å². The summed E-state index contributed by atoms with van der Waals surface area (Å²) in [5.41, 5.74) is 5.68. The van der Waals surface area contributed by atoms with E-state index in [1.54, 1.807) is 0 Å². The Hall–Kier alpha value is -1.10. The van der Waals surface area contributed by atoms with Crippen molar-refractivity contribution in [3.63, 3.8) is 0 Å². The molecule has 0 saturated heterocycles. The van der Waals surface area contributed by atoms with Gasteiger partial charge in [-0.05, 0) is 37.6 Å². The number of hydrogen-bond donors (Lipinski definition) is 2. The van der Waals surface area contributed by atoms with Crippen LogP contribution in [-0.2, 0) is 9.59 Å². The summed E-state index contributed by atoms with van der Waals surface area (Å²) in [6.45, 7) is 0.370. The highest BCUT2D eigenvalue weighted by Crippen LogP contribution is 2.43. The number of nitrogens with two attached hydrogens (primary N) is 1. The lowest BCUT2D eigenvalue weighted by molar-refractivity contribution is -0.146. The fourth-order valence-corrected chi connectivity index (χ4v) is 2.51. The van der Waals surface area contributed by atoms with Gasteiger partial charge in [0, 0.05) is 12.5 Å². The molecule has 0 radical (unpaired) electrons. The van der Waals surface area contributed by atoms with Gasteiger partial charge in [-0.3, -0.25) is 9.59 Å². The molecule has 2 rings (SSSR count). The predicted octanol–water partition coefficient (Wildman–Crippen LogP) is 0.581. The van der Waals surface area contributed by atoms with Gasteiger partial charge in [0.2, 0.25) is 5.91 Å². The number of hydrogen-bond acceptors (Lipinski definition) is 3. The number of carbonyl (C=O) groups is 2. The van der Waals surface area contributed by atoms with E-state index in [1.165, 1.54) is 4.90 Å². The minimum absolute atomic E-state index is 0.0277. The Morgan fingerprint density at radius 2 is 2.00 bits per heavy atom. The summed E-state index contributed by atoms with van der Waals surface area (Å²) in [6, 6.07) is 0.161. The molecule has 0 aromatic heterocycles. The van der Waals surface area contributed by atoms with Crippen molar-refractivity contribution in [3.05, 3.63) is 0 Å². The lowest BCUT2D eigenvalue weighted by Crippen LogP contribution is -2.45. The van der Waals surface area contributed by atoms with Crippen LogP contribution in [-0.4, -0.2) is 41.0 Å². The smallest absolute Gasteiger partial charge is 0.323 e. The van der Waals surface area contributed by atoms with Gasteiger partial charge in [-0.15, -0.1) is 0 Å². The topological polar surface area (TPSA) is 83.6 Å². The second kappa shape index (κ2) is 4.64. The highest BCUT2D eigenvalue weighted by molar-refractivity contribution is 5.82. The first-order valence-corrected chi connectivity index (χ1v) is 6.28. The molecule has 2 aliphatic rings. The zero-order valence-corrected chi connectivity index (χ0v) is 10.0. The van der Waals surface area contributed by atoms with E-state index in [0.29, 0.717) is 13.0 Å². The molecule has 3 N–H and O–H groups in total. The van der Waals surface area contributed by atoms with E-state index in [4.69, 9.17) is 10.8 Å². The predicted molar refractivity (Wildman–Crippen MR) is 62.3 cm³/mol. The number of carbonyl (C=O) groups excluding carboxylic acids is 1. The van der Waals surface area contributed by atoms with E-state index in [-0.39, 0.29) is 23.9 Å². The molecular formula is C12H20N2O3. The number of carboxylic acid groups (broad SMARTS) is 1. The van der Waals surface area contributed by atoms with Gasteiger partial charge in [0.05, 0.1) is 0 Å². The van der Waals surface area contributed by atoms with Crippen molar-refractivity contribution >= 4 is 11.9 Å². The molecule has 1 amide bonds. The van der Waals surface area contributed by atoms with Crippen LogP contribution in [0.2, 0.25) is 0 Å². The number of rotatable bonds is 6. The molecule has 2 fully saturated rings. The van der Waals surface area contributed by atoms with Crippen LogP contribution in [0.15, 0.2) is 0 Å². The average molecular weight is 240 g/mol. The Labute approximate surface area is 101 Å². The van der Waals surface area contributed by atoms with Crippen LogP contribution >= 0.6 is 0 Å². The molecule has 0 heterocycles. The molecule has 0 aromatic carbocycles. The quantitative estimate of drug-likeness (QED) is 0.711. The van der Waals surface area contributed by atoms with E-state index < -0.39 is 5.97 Å². The van der Waals surface area contributed by atoms with Crippen LogP contribution in [0.4, 0.5) is 0 Å². The summed E-state index contributed by atoms with van der Waals surface area (Å²) in [7, 11) is 0. The Morgan fingerprint density at radius 3 is 2.35 bits per heavy atom. The van der Waals surface area contributed by atoms with E-state index in [0.717, 1.165) is 32.1 Å². The summed E-state index contributed by atoms with van der Waals surface area (Å²) in [5, 5.41) is 8.82. The molecular weight excluding hydrogens is 220 g/mol. The summed E-state index contributed by atoms with van der Waals surface area (Å²) in [5.74, 6) is -0.958. The van der Waals surface area contributed by atoms with E-state index in [9.17, 15) is 9.59 Å². The van der Waals surface area contributed by atoms with E-state index in [1.807, 2.05) is 0 Å². The maximum Gasteiger partial charge on any atom is 0.323 e. The van der Waals surface area contributed by atoms with Crippen LogP contribution in [0.25, 0.3) is 0 Å². The first-order valence-electron chi connectivity index (χ1n) is 6.28. The third-order valence-corrected chi connectivity index (χ3v) is 3.99. The van der Waals surface area contributed by atoms with Crippen molar-refractivity contribution in [1.29, 1.82) is 0 Å². The molecule has 17 heavy (non-hydrogen) atoms. The van der Waals surface area contributed by atoms with Crippen LogP contribution in [0, 0.1) is 5.41 Å². The lowest BCUT2D eigenvalue weighted by atomic mass is 9.66. The van der Waals surface area contributed by atoms with E-state index >= 15 is 0 Å². The maximum atomic E-state index is 12.1. The zero-order valence-electron chi connectivity index (χ0n) is 10.0. The third kappa shape index (κ3) is 2.77. The van der Waals surface area contributed by atoms with Gasteiger partial charge >= 0.3 is 5.97 Å². The highest BCUT2D eigenvalue weighted by Gasteiger charge is 2.41. The van der Waals surface area contributed by atoms with Gasteiger partial charge in [0.15, 0.2) is 0 Å². The Morgan fingerprint density at radius 1 is 1.35 bits per heavy atom. The molecule has 0 atom stereocenters. The van der Waals surface area contributed by atoms with Crippen LogP contribution < -0.4 is 5.73 Å². The fourth-order valence-electron chi connectivity index (χ4n) is 2.51. The Bertz CT molecular complexity index is 316. The van der Waals surface area contributed by atoms with Gasteiger partial charge in [0.25, 0.3) is 0 Å². The molecule has 2 saturated carbocycles. The van der Waals surface area contributed by atoms with Crippen molar-refractivity contribution in [3.8, 4) is 0 Å². The molecule has 0 bridgehead atoms. The normalized spacial score (nSPS) is 21.7. The molecule has 2 aliphatic carbocycles. The summed E-state index contributed by atoms with van der Waals surface area (Å²) < 4.78 is 0. The van der Waals surface area contributed by atoms with Gasteiger partial charge in [-0.2, -0.15) is 0 Å². The monoisotopic (exact) mass is 240 g/mol. The second-order valence-corrected chi connectivity index (χ2v) is 5.38. The molecule has 0 aliphatic heterocycles. The summed E-state index contributed by atoms with van der Waals surface area (Å²) in [6.07, 6.45) is 5.44. The SMILES string of the molecule is NCC1(CC(=O)N(CC(=O)O)C2CC2)CCC1. The number of aliphatic carboxylic acids is 1. The minimum Gasteiger partial charge on any atom is -0.480 e. The standard InChI is InChI=1S/C12H20N2O3/c13-8-12(4-1-5-12)6-10(15)14(7-11(16)17)9-2-3-9/h9H,1-8,13H2,(H,16,17). The number of carboxylic acids is 1. The van der Waals surface area contributed by atoms with Crippen molar-refractivity contribution in [2.45, 2.75) is 44.6 Å². The summed E-state index contributed by atoms with van der Waals surface area (Å²) >= 11 is 0. The third-order valence-electron chi connectivity index (χ3n) is 3.99. The lowest BCUT2D eigenvalue weighted by Gasteiger charge is -2.41. The van der Waals surface area contributed by atoms with Crippen LogP contribution in [0.5, 0.6) is 0 Å². The van der Waals surface area contributed by atoms with Crippen LogP contribution in [0.3, 0.4) is 0 Å². The second-order valence-electron chi connectivity index (χ2n) is 5.38. The molecule has 0 spiro atoms. The average Bonchev–Trinajstić information content (AvgIpc) is 3.03. The zero-order chi connectivity index (χ0) is 12.5. The first-order chi connectivity index (χ1) is 8.06. The molecule has 96 valence electrons. The minimum atomic E-state index is -0.930. The number of amides is 1. The molecule has 0 aromatic rings. The molecule has 0 unspecified atom stereocenters. The van der Waals surface area contributed by atoms with Gasteiger partial charge in [-0.1, -0.05) is 6.42 Å². The molecule has 5 nitrogen and oxygen atoms in total. The van der Waals surface area contributed by atoms with Crippen LogP contribution in [0.1, 0.15) is 38.5 Å². The van der Waals surface area contributed by atoms with Crippen molar-refractivity contribution in [2.75, 3.05) is 13.1 Å². The largest absolute Gasteiger partial charge is 0.480 e. The van der Waals surface area contributed by atoms with Crippen molar-refractivity contribution in [1.82, 2.24) is 4.90 Å². The Kier molecular flexibility index (Phi) is 3.38. The summed E-state index contributed by atoms with van der Waals surface area (Å²) in [4.78, 5) is 24.4. The van der Waals surface area contributed by atoms with Crippen molar-refractivity contribution in [2.24, 2.45) is 11.1 Å². The van der Waals surface area contributed by atoms with E-state index in [2.05, 4.69) is 0 Å². The molecule has 5 heteroatoms. The fraction of sp³-hybridized carbons (Fsp3) is 0.833. The van der Waals surface area contributed by atoms with Gasteiger partial charge < -0.3 is 15.7 Å². The van der Waals surface area contributed by atoms with Crippen molar-refractivity contribution < 1.29 is 14.7 Å². The number of nitrogens with zero attached hydrogens (tertiary/aromatic N) is 1. The van der Waals surface area contributed by atoms with Gasteiger partial charge in [-0.25, -0.2) is 0 Å².